The first-order chi connectivity index (χ1) is 8.67. The number of nitrogens with one attached hydrogen (secondary N) is 1. The van der Waals surface area contributed by atoms with Crippen LogP contribution in [0.3, 0.4) is 0 Å². The van der Waals surface area contributed by atoms with E-state index in [9.17, 15) is 0 Å². The van der Waals surface area contributed by atoms with E-state index in [-0.39, 0.29) is 6.04 Å². The lowest BCUT2D eigenvalue weighted by Gasteiger charge is -2.18. The molecule has 96 valence electrons. The third-order valence-electron chi connectivity index (χ3n) is 3.19. The van der Waals surface area contributed by atoms with E-state index in [4.69, 9.17) is 9.15 Å². The minimum absolute atomic E-state index is 0.145. The number of benzene rings is 1. The third-order valence-corrected chi connectivity index (χ3v) is 3.19. The van der Waals surface area contributed by atoms with Crippen molar-refractivity contribution >= 4 is 0 Å². The molecule has 18 heavy (non-hydrogen) atoms. The maximum atomic E-state index is 5.40. The predicted molar refractivity (Wildman–Crippen MR) is 72.1 cm³/mol. The molecule has 3 nitrogen and oxygen atoms in total. The van der Waals surface area contributed by atoms with Gasteiger partial charge in [-0.15, -0.1) is 0 Å². The Bertz CT molecular complexity index is 494. The summed E-state index contributed by atoms with van der Waals surface area (Å²) >= 11 is 0. The first-order valence-electron chi connectivity index (χ1n) is 6.02. The fourth-order valence-corrected chi connectivity index (χ4v) is 2.44. The summed E-state index contributed by atoms with van der Waals surface area (Å²) < 4.78 is 10.6. The van der Waals surface area contributed by atoms with E-state index >= 15 is 0 Å². The summed E-state index contributed by atoms with van der Waals surface area (Å²) in [6.45, 7) is 4.13. The van der Waals surface area contributed by atoms with Crippen LogP contribution >= 0.6 is 0 Å². The first kappa shape index (κ1) is 12.7. The average Bonchev–Trinajstić information content (AvgIpc) is 2.83. The highest BCUT2D eigenvalue weighted by Crippen LogP contribution is 2.30. The lowest BCUT2D eigenvalue weighted by atomic mass is 9.97. The molecule has 2 aromatic rings. The molecule has 1 aromatic carbocycles. The topological polar surface area (TPSA) is 34.4 Å². The third kappa shape index (κ3) is 2.27. The first-order valence-corrected chi connectivity index (χ1v) is 6.02. The Labute approximate surface area is 108 Å². The fourth-order valence-electron chi connectivity index (χ4n) is 2.44. The summed E-state index contributed by atoms with van der Waals surface area (Å²) in [4.78, 5) is 0. The fraction of sp³-hybridized carbons (Fsp3) is 0.333. The normalized spacial score (nSPS) is 12.4. The standard InChI is InChI=1S/C15H19NO2/c1-10-7-13(8-11(2)15(10)17-4)14(16-3)12-5-6-18-9-12/h5-9,14,16H,1-4H3. The Morgan fingerprint density at radius 3 is 2.28 bits per heavy atom. The summed E-state index contributed by atoms with van der Waals surface area (Å²) in [5.74, 6) is 0.959. The van der Waals surface area contributed by atoms with Crippen LogP contribution in [0.5, 0.6) is 5.75 Å². The van der Waals surface area contributed by atoms with Crippen molar-refractivity contribution in [2.24, 2.45) is 0 Å². The molecular formula is C15H19NO2. The average molecular weight is 245 g/mol. The quantitative estimate of drug-likeness (QED) is 0.898. The lowest BCUT2D eigenvalue weighted by Crippen LogP contribution is -2.17. The Balaban J connectivity index is 2.44. The molecule has 0 saturated carbocycles. The van der Waals surface area contributed by atoms with Gasteiger partial charge in [0, 0.05) is 5.56 Å². The van der Waals surface area contributed by atoms with Crippen LogP contribution in [0, 0.1) is 13.8 Å². The van der Waals surface area contributed by atoms with Gasteiger partial charge in [-0.1, -0.05) is 12.1 Å². The van der Waals surface area contributed by atoms with Gasteiger partial charge in [-0.25, -0.2) is 0 Å². The van der Waals surface area contributed by atoms with Crippen molar-refractivity contribution in [3.8, 4) is 5.75 Å². The number of rotatable bonds is 4. The zero-order chi connectivity index (χ0) is 13.1. The van der Waals surface area contributed by atoms with Gasteiger partial charge < -0.3 is 14.5 Å². The number of methoxy groups -OCH3 is 1. The van der Waals surface area contributed by atoms with E-state index in [0.717, 1.165) is 22.4 Å². The van der Waals surface area contributed by atoms with Crippen LogP contribution in [-0.2, 0) is 0 Å². The second-order valence-electron chi connectivity index (χ2n) is 4.47. The molecular weight excluding hydrogens is 226 g/mol. The Hall–Kier alpha value is -1.74. The number of hydrogen-bond donors (Lipinski definition) is 1. The molecule has 1 unspecified atom stereocenters. The molecule has 1 N–H and O–H groups in total. The van der Waals surface area contributed by atoms with Gasteiger partial charge in [-0.2, -0.15) is 0 Å². The van der Waals surface area contributed by atoms with Crippen molar-refractivity contribution in [1.29, 1.82) is 0 Å². The molecule has 0 amide bonds. The highest BCUT2D eigenvalue weighted by Gasteiger charge is 2.15. The van der Waals surface area contributed by atoms with Crippen molar-refractivity contribution in [2.75, 3.05) is 14.2 Å². The summed E-state index contributed by atoms with van der Waals surface area (Å²) in [7, 11) is 3.66. The largest absolute Gasteiger partial charge is 0.496 e. The van der Waals surface area contributed by atoms with E-state index in [2.05, 4.69) is 31.3 Å². The molecule has 0 bridgehead atoms. The van der Waals surface area contributed by atoms with Crippen molar-refractivity contribution in [2.45, 2.75) is 19.9 Å². The van der Waals surface area contributed by atoms with Crippen molar-refractivity contribution < 1.29 is 9.15 Å². The molecule has 1 heterocycles. The van der Waals surface area contributed by atoms with E-state index in [0.29, 0.717) is 0 Å². The second-order valence-corrected chi connectivity index (χ2v) is 4.47. The Morgan fingerprint density at radius 1 is 1.17 bits per heavy atom. The molecule has 0 saturated heterocycles. The van der Waals surface area contributed by atoms with E-state index in [1.54, 1.807) is 19.6 Å². The minimum atomic E-state index is 0.145. The van der Waals surface area contributed by atoms with Crippen molar-refractivity contribution in [3.63, 3.8) is 0 Å². The van der Waals surface area contributed by atoms with Gasteiger partial charge in [0.1, 0.15) is 5.75 Å². The van der Waals surface area contributed by atoms with Gasteiger partial charge in [0.25, 0.3) is 0 Å². The van der Waals surface area contributed by atoms with Crippen molar-refractivity contribution in [3.05, 3.63) is 53.0 Å². The molecule has 0 radical (unpaired) electrons. The summed E-state index contributed by atoms with van der Waals surface area (Å²) in [6.07, 6.45) is 3.47. The van der Waals surface area contributed by atoms with Gasteiger partial charge in [0.05, 0.1) is 25.7 Å². The SMILES string of the molecule is CNC(c1ccoc1)c1cc(C)c(OC)c(C)c1. The molecule has 2 rings (SSSR count). The number of ether oxygens (including phenoxy) is 1. The van der Waals surface area contributed by atoms with Crippen molar-refractivity contribution in [1.82, 2.24) is 5.32 Å². The molecule has 0 aliphatic carbocycles. The van der Waals surface area contributed by atoms with E-state index in [1.165, 1.54) is 5.56 Å². The maximum Gasteiger partial charge on any atom is 0.124 e. The number of aryl methyl sites for hydroxylation is 2. The van der Waals surface area contributed by atoms with Gasteiger partial charge in [0.15, 0.2) is 0 Å². The Morgan fingerprint density at radius 2 is 1.83 bits per heavy atom. The van der Waals surface area contributed by atoms with Crippen LogP contribution in [0.1, 0.15) is 28.3 Å². The van der Waals surface area contributed by atoms with Crippen LogP contribution in [0.25, 0.3) is 0 Å². The van der Waals surface area contributed by atoms with Crippen LogP contribution in [-0.4, -0.2) is 14.2 Å². The molecule has 3 heteroatoms. The molecule has 0 aliphatic rings. The molecule has 0 spiro atoms. The lowest BCUT2D eigenvalue weighted by molar-refractivity contribution is 0.408. The van der Waals surface area contributed by atoms with Gasteiger partial charge >= 0.3 is 0 Å². The summed E-state index contributed by atoms with van der Waals surface area (Å²) in [5, 5.41) is 3.31. The van der Waals surface area contributed by atoms with E-state index < -0.39 is 0 Å². The van der Waals surface area contributed by atoms with E-state index in [1.807, 2.05) is 13.1 Å². The van der Waals surface area contributed by atoms with Crippen LogP contribution in [0.15, 0.2) is 35.1 Å². The van der Waals surface area contributed by atoms with Gasteiger partial charge in [-0.3, -0.25) is 0 Å². The number of furan rings is 1. The van der Waals surface area contributed by atoms with Gasteiger partial charge in [0.2, 0.25) is 0 Å². The zero-order valence-electron chi connectivity index (χ0n) is 11.3. The summed E-state index contributed by atoms with van der Waals surface area (Å²) in [6, 6.07) is 6.43. The van der Waals surface area contributed by atoms with Crippen LogP contribution in [0.2, 0.25) is 0 Å². The monoisotopic (exact) mass is 245 g/mol. The predicted octanol–water partition coefficient (Wildman–Crippen LogP) is 3.21. The Kier molecular flexibility index (Phi) is 3.72. The van der Waals surface area contributed by atoms with Crippen LogP contribution < -0.4 is 10.1 Å². The molecule has 0 aliphatic heterocycles. The minimum Gasteiger partial charge on any atom is -0.496 e. The smallest absolute Gasteiger partial charge is 0.124 e. The highest BCUT2D eigenvalue weighted by atomic mass is 16.5. The van der Waals surface area contributed by atoms with Crippen LogP contribution in [0.4, 0.5) is 0 Å². The second kappa shape index (κ2) is 5.27. The maximum absolute atomic E-state index is 5.40. The zero-order valence-corrected chi connectivity index (χ0v) is 11.3. The molecule has 1 aromatic heterocycles. The summed E-state index contributed by atoms with van der Waals surface area (Å²) in [5.41, 5.74) is 4.64. The highest BCUT2D eigenvalue weighted by molar-refractivity contribution is 5.45. The van der Waals surface area contributed by atoms with Gasteiger partial charge in [-0.05, 0) is 43.7 Å². The molecule has 0 fully saturated rings. The molecule has 1 atom stereocenters. The number of hydrogen-bond acceptors (Lipinski definition) is 3.